The highest BCUT2D eigenvalue weighted by Crippen LogP contribution is 2.17. The fraction of sp³-hybridized carbons (Fsp3) is 0.900. The molecule has 0 aliphatic carbocycles. The van der Waals surface area contributed by atoms with E-state index >= 15 is 0 Å². The van der Waals surface area contributed by atoms with E-state index in [0.29, 0.717) is 13.2 Å². The minimum Gasteiger partial charge on any atom is -0.469 e. The molecule has 0 fully saturated rings. The molecule has 0 heterocycles. The molecule has 0 aromatic carbocycles. The summed E-state index contributed by atoms with van der Waals surface area (Å²) in [5.74, 6) is -0.179. The molecule has 0 saturated heterocycles. The van der Waals surface area contributed by atoms with E-state index in [1.807, 2.05) is 20.9 Å². The molecule has 0 aliphatic heterocycles. The largest absolute Gasteiger partial charge is 0.469 e. The summed E-state index contributed by atoms with van der Waals surface area (Å²) in [6.07, 6.45) is 0. The van der Waals surface area contributed by atoms with Crippen molar-refractivity contribution in [2.75, 3.05) is 41.0 Å². The molecule has 84 valence electrons. The molecule has 0 radical (unpaired) electrons. The molecule has 0 aromatic heterocycles. The van der Waals surface area contributed by atoms with Gasteiger partial charge in [0.05, 0.1) is 19.1 Å². The van der Waals surface area contributed by atoms with Crippen molar-refractivity contribution in [1.82, 2.24) is 4.90 Å². The molecule has 0 spiro atoms. The Kier molecular flexibility index (Phi) is 5.72. The van der Waals surface area contributed by atoms with Crippen molar-refractivity contribution in [2.24, 2.45) is 5.41 Å². The lowest BCUT2D eigenvalue weighted by molar-refractivity contribution is -0.151. The summed E-state index contributed by atoms with van der Waals surface area (Å²) in [5, 5.41) is 0. The van der Waals surface area contributed by atoms with Crippen LogP contribution in [0, 0.1) is 5.41 Å². The lowest BCUT2D eigenvalue weighted by Crippen LogP contribution is -2.39. The second kappa shape index (κ2) is 5.98. The zero-order valence-electron chi connectivity index (χ0n) is 9.79. The van der Waals surface area contributed by atoms with E-state index in [-0.39, 0.29) is 5.97 Å². The molecule has 0 bridgehead atoms. The molecule has 0 aliphatic rings. The van der Waals surface area contributed by atoms with Crippen molar-refractivity contribution in [3.63, 3.8) is 0 Å². The second-order valence-electron chi connectivity index (χ2n) is 4.11. The van der Waals surface area contributed by atoms with Crippen LogP contribution < -0.4 is 0 Å². The number of nitrogens with zero attached hydrogens (tertiary/aromatic N) is 1. The van der Waals surface area contributed by atoms with Crippen LogP contribution in [0.2, 0.25) is 0 Å². The van der Waals surface area contributed by atoms with Gasteiger partial charge < -0.3 is 14.4 Å². The van der Waals surface area contributed by atoms with Crippen LogP contribution in [0.1, 0.15) is 13.8 Å². The van der Waals surface area contributed by atoms with Gasteiger partial charge in [0, 0.05) is 20.2 Å². The zero-order chi connectivity index (χ0) is 11.2. The molecule has 0 saturated carbocycles. The maximum atomic E-state index is 11.4. The van der Waals surface area contributed by atoms with Gasteiger partial charge in [-0.25, -0.2) is 0 Å². The molecule has 14 heavy (non-hydrogen) atoms. The van der Waals surface area contributed by atoms with Gasteiger partial charge in [-0.15, -0.1) is 0 Å². The smallest absolute Gasteiger partial charge is 0.312 e. The van der Waals surface area contributed by atoms with Crippen molar-refractivity contribution >= 4 is 5.97 Å². The molecule has 4 heteroatoms. The number of esters is 1. The average Bonchev–Trinajstić information content (AvgIpc) is 2.12. The minimum atomic E-state index is -0.461. The van der Waals surface area contributed by atoms with Crippen molar-refractivity contribution in [2.45, 2.75) is 13.8 Å². The first-order valence-electron chi connectivity index (χ1n) is 4.70. The van der Waals surface area contributed by atoms with E-state index in [0.717, 1.165) is 6.54 Å². The summed E-state index contributed by atoms with van der Waals surface area (Å²) < 4.78 is 9.68. The Hall–Kier alpha value is -0.610. The molecule has 0 aromatic rings. The zero-order valence-corrected chi connectivity index (χ0v) is 9.79. The highest BCUT2D eigenvalue weighted by Gasteiger charge is 2.29. The number of ether oxygens (including phenoxy) is 2. The summed E-state index contributed by atoms with van der Waals surface area (Å²) in [4.78, 5) is 13.4. The van der Waals surface area contributed by atoms with Crippen molar-refractivity contribution < 1.29 is 14.3 Å². The van der Waals surface area contributed by atoms with Crippen LogP contribution in [0.25, 0.3) is 0 Å². The second-order valence-corrected chi connectivity index (χ2v) is 4.11. The molecule has 0 unspecified atom stereocenters. The molecular formula is C10H21NO3. The van der Waals surface area contributed by atoms with Crippen LogP contribution in [0.5, 0.6) is 0 Å². The Morgan fingerprint density at radius 3 is 2.36 bits per heavy atom. The SMILES string of the molecule is COCCN(C)CC(C)(C)C(=O)OC. The number of carbonyl (C=O) groups excluding carboxylic acids is 1. The Bertz CT molecular complexity index is 180. The Labute approximate surface area is 86.2 Å². The number of hydrogen-bond donors (Lipinski definition) is 0. The maximum absolute atomic E-state index is 11.4. The quantitative estimate of drug-likeness (QED) is 0.598. The summed E-state index contributed by atoms with van der Waals surface area (Å²) in [6, 6.07) is 0. The van der Waals surface area contributed by atoms with Crippen LogP contribution in [0.3, 0.4) is 0 Å². The fourth-order valence-corrected chi connectivity index (χ4v) is 1.34. The summed E-state index contributed by atoms with van der Waals surface area (Å²) in [6.45, 7) is 5.91. The number of rotatable bonds is 6. The Balaban J connectivity index is 4.01. The van der Waals surface area contributed by atoms with Crippen LogP contribution in [0.15, 0.2) is 0 Å². The van der Waals surface area contributed by atoms with E-state index in [1.165, 1.54) is 7.11 Å². The minimum absolute atomic E-state index is 0.179. The van der Waals surface area contributed by atoms with Crippen molar-refractivity contribution in [1.29, 1.82) is 0 Å². The number of likely N-dealkylation sites (N-methyl/N-ethyl adjacent to an activating group) is 1. The topological polar surface area (TPSA) is 38.8 Å². The first-order valence-corrected chi connectivity index (χ1v) is 4.70. The summed E-state index contributed by atoms with van der Waals surface area (Å²) in [5.41, 5.74) is -0.461. The monoisotopic (exact) mass is 203 g/mol. The first kappa shape index (κ1) is 13.4. The van der Waals surface area contributed by atoms with Crippen molar-refractivity contribution in [3.8, 4) is 0 Å². The predicted octanol–water partition coefficient (Wildman–Crippen LogP) is 0.764. The van der Waals surface area contributed by atoms with Crippen LogP contribution in [0.4, 0.5) is 0 Å². The van der Waals surface area contributed by atoms with Gasteiger partial charge in [-0.2, -0.15) is 0 Å². The van der Waals surface area contributed by atoms with Crippen LogP contribution >= 0.6 is 0 Å². The molecule has 0 atom stereocenters. The highest BCUT2D eigenvalue weighted by molar-refractivity contribution is 5.76. The Morgan fingerprint density at radius 1 is 1.36 bits per heavy atom. The maximum Gasteiger partial charge on any atom is 0.312 e. The van der Waals surface area contributed by atoms with Crippen LogP contribution in [-0.4, -0.2) is 51.8 Å². The van der Waals surface area contributed by atoms with Crippen molar-refractivity contribution in [3.05, 3.63) is 0 Å². The molecule has 0 amide bonds. The van der Waals surface area contributed by atoms with Gasteiger partial charge in [0.15, 0.2) is 0 Å². The normalized spacial score (nSPS) is 11.9. The third-order valence-corrected chi connectivity index (χ3v) is 2.08. The summed E-state index contributed by atoms with van der Waals surface area (Å²) in [7, 11) is 5.04. The van der Waals surface area contributed by atoms with E-state index in [4.69, 9.17) is 9.47 Å². The third-order valence-electron chi connectivity index (χ3n) is 2.08. The fourth-order valence-electron chi connectivity index (χ4n) is 1.34. The van der Waals surface area contributed by atoms with Gasteiger partial charge in [-0.1, -0.05) is 0 Å². The lowest BCUT2D eigenvalue weighted by Gasteiger charge is -2.27. The predicted molar refractivity (Wildman–Crippen MR) is 55.2 cm³/mol. The first-order chi connectivity index (χ1) is 6.44. The summed E-state index contributed by atoms with van der Waals surface area (Å²) >= 11 is 0. The number of methoxy groups -OCH3 is 2. The van der Waals surface area contributed by atoms with E-state index in [1.54, 1.807) is 7.11 Å². The van der Waals surface area contributed by atoms with Gasteiger partial charge in [-0.3, -0.25) is 4.79 Å². The molecule has 0 N–H and O–H groups in total. The number of carbonyl (C=O) groups is 1. The molecule has 0 rings (SSSR count). The molecule has 4 nitrogen and oxygen atoms in total. The number of hydrogen-bond acceptors (Lipinski definition) is 4. The third kappa shape index (κ3) is 4.58. The van der Waals surface area contributed by atoms with Crippen LogP contribution in [-0.2, 0) is 14.3 Å². The Morgan fingerprint density at radius 2 is 1.93 bits per heavy atom. The van der Waals surface area contributed by atoms with E-state index < -0.39 is 5.41 Å². The van der Waals surface area contributed by atoms with Gasteiger partial charge in [0.1, 0.15) is 0 Å². The molecular weight excluding hydrogens is 182 g/mol. The van der Waals surface area contributed by atoms with Gasteiger partial charge in [0.2, 0.25) is 0 Å². The standard InChI is InChI=1S/C10H21NO3/c1-10(2,9(12)14-5)8-11(3)6-7-13-4/h6-8H2,1-5H3. The average molecular weight is 203 g/mol. The highest BCUT2D eigenvalue weighted by atomic mass is 16.5. The lowest BCUT2D eigenvalue weighted by atomic mass is 9.93. The van der Waals surface area contributed by atoms with Gasteiger partial charge in [0.25, 0.3) is 0 Å². The van der Waals surface area contributed by atoms with Gasteiger partial charge >= 0.3 is 5.97 Å². The van der Waals surface area contributed by atoms with Gasteiger partial charge in [-0.05, 0) is 20.9 Å². The van der Waals surface area contributed by atoms with E-state index in [9.17, 15) is 4.79 Å². The van der Waals surface area contributed by atoms with E-state index in [2.05, 4.69) is 4.90 Å².